The average Bonchev–Trinajstić information content (AvgIpc) is 3.28. The van der Waals surface area contributed by atoms with Crippen molar-refractivity contribution in [2.45, 2.75) is 18.4 Å². The van der Waals surface area contributed by atoms with Crippen molar-refractivity contribution >= 4 is 21.8 Å². The van der Waals surface area contributed by atoms with E-state index in [1.807, 2.05) is 48.5 Å². The number of rotatable bonds is 4. The molecule has 1 saturated carbocycles. The van der Waals surface area contributed by atoms with Crippen molar-refractivity contribution in [3.05, 3.63) is 64.1 Å². The van der Waals surface area contributed by atoms with E-state index in [1.165, 1.54) is 0 Å². The maximum absolute atomic E-state index is 12.4. The van der Waals surface area contributed by atoms with E-state index in [2.05, 4.69) is 21.2 Å². The number of benzene rings is 2. The Kier molecular flexibility index (Phi) is 3.72. The number of amides is 1. The van der Waals surface area contributed by atoms with Gasteiger partial charge in [0.15, 0.2) is 0 Å². The maximum atomic E-state index is 12.4. The van der Waals surface area contributed by atoms with Crippen molar-refractivity contribution in [1.29, 1.82) is 0 Å². The van der Waals surface area contributed by atoms with Crippen LogP contribution in [0.15, 0.2) is 53.0 Å². The van der Waals surface area contributed by atoms with Gasteiger partial charge in [0.2, 0.25) is 0 Å². The summed E-state index contributed by atoms with van der Waals surface area (Å²) in [4.78, 5) is 12.4. The predicted molar refractivity (Wildman–Crippen MR) is 85.5 cm³/mol. The average molecular weight is 346 g/mol. The number of methoxy groups -OCH3 is 1. The number of ether oxygens (including phenoxy) is 1. The molecular formula is C17H16BrNO2. The van der Waals surface area contributed by atoms with Gasteiger partial charge in [0.1, 0.15) is 5.75 Å². The molecule has 3 nitrogen and oxygen atoms in total. The molecule has 1 fully saturated rings. The van der Waals surface area contributed by atoms with Gasteiger partial charge in [-0.25, -0.2) is 0 Å². The second-order valence-electron chi connectivity index (χ2n) is 5.28. The SMILES string of the molecule is COc1ccc(C2(NC(=O)c3cccc(Br)c3)CC2)cc1. The quantitative estimate of drug-likeness (QED) is 0.913. The summed E-state index contributed by atoms with van der Waals surface area (Å²) < 4.78 is 6.08. The van der Waals surface area contributed by atoms with Gasteiger partial charge >= 0.3 is 0 Å². The summed E-state index contributed by atoms with van der Waals surface area (Å²) in [5, 5.41) is 3.16. The summed E-state index contributed by atoms with van der Waals surface area (Å²) in [5.74, 6) is 0.789. The Labute approximate surface area is 132 Å². The topological polar surface area (TPSA) is 38.3 Å². The second kappa shape index (κ2) is 5.53. The van der Waals surface area contributed by atoms with Crippen LogP contribution in [0.5, 0.6) is 5.75 Å². The third-order valence-corrected chi connectivity index (χ3v) is 4.33. The third-order valence-electron chi connectivity index (χ3n) is 3.83. The van der Waals surface area contributed by atoms with Gasteiger partial charge < -0.3 is 10.1 Å². The zero-order valence-corrected chi connectivity index (χ0v) is 13.3. The van der Waals surface area contributed by atoms with Gasteiger partial charge in [-0.1, -0.05) is 34.1 Å². The molecule has 21 heavy (non-hydrogen) atoms. The molecule has 0 radical (unpaired) electrons. The molecular weight excluding hydrogens is 330 g/mol. The fraction of sp³-hybridized carbons (Fsp3) is 0.235. The van der Waals surface area contributed by atoms with Crippen LogP contribution in [0.25, 0.3) is 0 Å². The molecule has 4 heteroatoms. The zero-order valence-electron chi connectivity index (χ0n) is 11.7. The summed E-state index contributed by atoms with van der Waals surface area (Å²) in [6, 6.07) is 15.3. The Bertz CT molecular complexity index is 663. The number of carbonyl (C=O) groups is 1. The van der Waals surface area contributed by atoms with Gasteiger partial charge in [0.05, 0.1) is 12.6 Å². The highest BCUT2D eigenvalue weighted by Crippen LogP contribution is 2.46. The molecule has 1 amide bonds. The molecule has 3 rings (SSSR count). The normalized spacial score (nSPS) is 15.3. The Morgan fingerprint density at radius 3 is 2.48 bits per heavy atom. The van der Waals surface area contributed by atoms with E-state index in [1.54, 1.807) is 7.11 Å². The van der Waals surface area contributed by atoms with E-state index < -0.39 is 0 Å². The molecule has 0 atom stereocenters. The van der Waals surface area contributed by atoms with E-state index in [9.17, 15) is 4.79 Å². The second-order valence-corrected chi connectivity index (χ2v) is 6.19. The molecule has 0 aromatic heterocycles. The highest BCUT2D eigenvalue weighted by atomic mass is 79.9. The highest BCUT2D eigenvalue weighted by molar-refractivity contribution is 9.10. The number of hydrogen-bond donors (Lipinski definition) is 1. The standard InChI is InChI=1S/C17H16BrNO2/c1-21-15-7-5-13(6-8-15)17(9-10-17)19-16(20)12-3-2-4-14(18)11-12/h2-8,11H,9-10H2,1H3,(H,19,20). The Morgan fingerprint density at radius 2 is 1.90 bits per heavy atom. The third kappa shape index (κ3) is 2.95. The van der Waals surface area contributed by atoms with Gasteiger partial charge in [0.25, 0.3) is 5.91 Å². The van der Waals surface area contributed by atoms with Crippen LogP contribution < -0.4 is 10.1 Å². The molecule has 1 aliphatic carbocycles. The van der Waals surface area contributed by atoms with Gasteiger partial charge in [-0.05, 0) is 48.7 Å². The van der Waals surface area contributed by atoms with Crippen molar-refractivity contribution in [2.24, 2.45) is 0 Å². The lowest BCUT2D eigenvalue weighted by atomic mass is 10.0. The summed E-state index contributed by atoms with van der Waals surface area (Å²) >= 11 is 3.39. The Morgan fingerprint density at radius 1 is 1.19 bits per heavy atom. The molecule has 0 heterocycles. The lowest BCUT2D eigenvalue weighted by molar-refractivity contribution is 0.0931. The van der Waals surface area contributed by atoms with E-state index in [0.717, 1.165) is 28.6 Å². The molecule has 1 N–H and O–H groups in total. The van der Waals surface area contributed by atoms with Gasteiger partial charge in [0, 0.05) is 10.0 Å². The monoisotopic (exact) mass is 345 g/mol. The first-order valence-corrected chi connectivity index (χ1v) is 7.65. The van der Waals surface area contributed by atoms with Crippen LogP contribution in [0.2, 0.25) is 0 Å². The number of carbonyl (C=O) groups excluding carboxylic acids is 1. The molecule has 0 spiro atoms. The predicted octanol–water partition coefficient (Wildman–Crippen LogP) is 3.88. The first-order chi connectivity index (χ1) is 10.1. The van der Waals surface area contributed by atoms with Crippen LogP contribution in [0, 0.1) is 0 Å². The van der Waals surface area contributed by atoms with Crippen LogP contribution >= 0.6 is 15.9 Å². The van der Waals surface area contributed by atoms with E-state index >= 15 is 0 Å². The smallest absolute Gasteiger partial charge is 0.252 e. The van der Waals surface area contributed by atoms with Gasteiger partial charge in [-0.3, -0.25) is 4.79 Å². The van der Waals surface area contributed by atoms with Crippen molar-refractivity contribution in [3.8, 4) is 5.75 Å². The van der Waals surface area contributed by atoms with E-state index in [0.29, 0.717) is 5.56 Å². The largest absolute Gasteiger partial charge is 0.497 e. The lowest BCUT2D eigenvalue weighted by Crippen LogP contribution is -2.34. The lowest BCUT2D eigenvalue weighted by Gasteiger charge is -2.18. The van der Waals surface area contributed by atoms with Gasteiger partial charge in [-0.2, -0.15) is 0 Å². The van der Waals surface area contributed by atoms with Crippen molar-refractivity contribution < 1.29 is 9.53 Å². The molecule has 2 aromatic carbocycles. The number of hydrogen-bond acceptors (Lipinski definition) is 2. The Balaban J connectivity index is 1.78. The summed E-state index contributed by atoms with van der Waals surface area (Å²) in [6.45, 7) is 0. The highest BCUT2D eigenvalue weighted by Gasteiger charge is 2.45. The molecule has 0 unspecified atom stereocenters. The first kappa shape index (κ1) is 14.1. The van der Waals surface area contributed by atoms with Crippen LogP contribution in [0.1, 0.15) is 28.8 Å². The number of nitrogens with one attached hydrogen (secondary N) is 1. The molecule has 0 saturated heterocycles. The molecule has 0 bridgehead atoms. The minimum Gasteiger partial charge on any atom is -0.497 e. The van der Waals surface area contributed by atoms with Crippen molar-refractivity contribution in [3.63, 3.8) is 0 Å². The molecule has 0 aliphatic heterocycles. The fourth-order valence-electron chi connectivity index (χ4n) is 2.44. The molecule has 108 valence electrons. The van der Waals surface area contributed by atoms with Crippen LogP contribution in [0.3, 0.4) is 0 Å². The Hall–Kier alpha value is -1.81. The van der Waals surface area contributed by atoms with E-state index in [4.69, 9.17) is 4.74 Å². The van der Waals surface area contributed by atoms with Crippen LogP contribution in [-0.4, -0.2) is 13.0 Å². The summed E-state index contributed by atoms with van der Waals surface area (Å²) in [6.07, 6.45) is 1.94. The van der Waals surface area contributed by atoms with Crippen LogP contribution in [0.4, 0.5) is 0 Å². The zero-order chi connectivity index (χ0) is 14.9. The minimum absolute atomic E-state index is 0.0374. The maximum Gasteiger partial charge on any atom is 0.252 e. The molecule has 1 aliphatic rings. The number of halogens is 1. The van der Waals surface area contributed by atoms with E-state index in [-0.39, 0.29) is 11.4 Å². The minimum atomic E-state index is -0.217. The van der Waals surface area contributed by atoms with Crippen molar-refractivity contribution in [2.75, 3.05) is 7.11 Å². The van der Waals surface area contributed by atoms with Crippen molar-refractivity contribution in [1.82, 2.24) is 5.32 Å². The summed E-state index contributed by atoms with van der Waals surface area (Å²) in [5.41, 5.74) is 1.59. The summed E-state index contributed by atoms with van der Waals surface area (Å²) in [7, 11) is 1.65. The fourth-order valence-corrected chi connectivity index (χ4v) is 2.84. The molecule has 2 aromatic rings. The first-order valence-electron chi connectivity index (χ1n) is 6.86. The van der Waals surface area contributed by atoms with Crippen LogP contribution in [-0.2, 0) is 5.54 Å². The van der Waals surface area contributed by atoms with Gasteiger partial charge in [-0.15, -0.1) is 0 Å².